The van der Waals surface area contributed by atoms with Crippen LogP contribution in [0.25, 0.3) is 0 Å². The van der Waals surface area contributed by atoms with E-state index in [9.17, 15) is 43.5 Å². The Balaban J connectivity index is 4.48. The topological polar surface area (TPSA) is 231 Å². The summed E-state index contributed by atoms with van der Waals surface area (Å²) in [6.45, 7) is 2.48. The molecule has 0 aliphatic rings. The van der Waals surface area contributed by atoms with Crippen molar-refractivity contribution in [2.45, 2.75) is 450 Å². The highest BCUT2D eigenvalue weighted by molar-refractivity contribution is 7.47. The molecule has 0 radical (unpaired) electrons. The van der Waals surface area contributed by atoms with E-state index >= 15 is 0 Å². The van der Waals surface area contributed by atoms with Crippen molar-refractivity contribution in [1.29, 1.82) is 0 Å². The van der Waals surface area contributed by atoms with Crippen LogP contribution in [0.3, 0.4) is 0 Å². The van der Waals surface area contributed by atoms with Crippen molar-refractivity contribution in [1.82, 2.24) is 0 Å². The fourth-order valence-electron chi connectivity index (χ4n) is 13.8. The van der Waals surface area contributed by atoms with Gasteiger partial charge in [0, 0.05) is 19.3 Å². The fourth-order valence-corrected chi connectivity index (χ4v) is 15.4. The van der Waals surface area contributed by atoms with Gasteiger partial charge >= 0.3 is 33.6 Å². The lowest BCUT2D eigenvalue weighted by molar-refractivity contribution is -0.161. The van der Waals surface area contributed by atoms with Gasteiger partial charge in [0.1, 0.15) is 25.4 Å². The highest BCUT2D eigenvalue weighted by atomic mass is 31.2. The number of phosphoric ester groups is 2. The van der Waals surface area contributed by atoms with E-state index < -0.39 is 91.5 Å². The SMILES string of the molecule is CC/C=C\C/C=C\C/C=C\C/C=C\C/C=C\C/C=C\CCCCCCCCCCCCCCCCCCC(=O)OCC(O)COP(=O)(O)OCC(O)COP(=O)(O)OCC(COC(=O)CCCCCCCCCCCCCCCCCCCCC/C=C\C/C=C\C/C=C\C/C=C\CCCCC)OC(=O)CCCCCCCC/C=C\C/C=C\C/C=C\C/C=C\CC. The second kappa shape index (κ2) is 98.0. The van der Waals surface area contributed by atoms with Crippen LogP contribution in [0.2, 0.25) is 0 Å². The maximum atomic E-state index is 13.1. The van der Waals surface area contributed by atoms with Gasteiger partial charge in [-0.3, -0.25) is 32.5 Å². The van der Waals surface area contributed by atoms with Crippen LogP contribution in [0.5, 0.6) is 0 Å². The summed E-state index contributed by atoms with van der Waals surface area (Å²) in [6, 6.07) is 0. The second-order valence-corrected chi connectivity index (χ2v) is 36.4. The predicted octanol–water partition coefficient (Wildman–Crippen LogP) is 31.8. The zero-order valence-electron chi connectivity index (χ0n) is 79.5. The highest BCUT2D eigenvalue weighted by Crippen LogP contribution is 2.45. The van der Waals surface area contributed by atoms with Gasteiger partial charge in [0.15, 0.2) is 6.10 Å². The van der Waals surface area contributed by atoms with Crippen molar-refractivity contribution in [2.24, 2.45) is 0 Å². The van der Waals surface area contributed by atoms with Crippen LogP contribution in [0.15, 0.2) is 170 Å². The van der Waals surface area contributed by atoms with Gasteiger partial charge in [0.05, 0.1) is 26.4 Å². The van der Waals surface area contributed by atoms with Crippen LogP contribution in [0.4, 0.5) is 0 Å². The minimum Gasteiger partial charge on any atom is -0.463 e. The maximum absolute atomic E-state index is 13.1. The van der Waals surface area contributed by atoms with Gasteiger partial charge in [-0.05, 0) is 154 Å². The molecule has 0 saturated heterocycles. The van der Waals surface area contributed by atoms with Crippen LogP contribution < -0.4 is 0 Å². The van der Waals surface area contributed by atoms with E-state index in [0.717, 1.165) is 161 Å². The molecule has 0 amide bonds. The third kappa shape index (κ3) is 99.3. The number of hydrogen-bond donors (Lipinski definition) is 4. The fraction of sp³-hybridized carbons (Fsp3) is 0.710. The first kappa shape index (κ1) is 120. The molecule has 0 heterocycles. The molecule has 718 valence electrons. The molecule has 0 bridgehead atoms. The first-order chi connectivity index (χ1) is 61.2. The first-order valence-corrected chi connectivity index (χ1v) is 53.4. The Hall–Kier alpha value is -5.09. The van der Waals surface area contributed by atoms with Gasteiger partial charge < -0.3 is 34.2 Å². The number of phosphoric acid groups is 2. The maximum Gasteiger partial charge on any atom is 0.472 e. The number of aliphatic hydroxyl groups is 2. The minimum absolute atomic E-state index is 0.0870. The standard InChI is InChI=1S/C107H184O16P2/c1-4-7-10-13-16-19-22-25-28-31-34-36-38-40-42-44-46-48-50-52-54-56-58-60-62-64-67-69-72-75-78-81-84-87-90-93-105(110)117-96-102(108)97-119-124(113,114)120-98-103(109)99-121-125(115,116)122-101-104(123-107(112)95-92-89-86-83-80-77-74-71-66-33-30-27-24-21-18-15-12-9-6-3)100-118-106(111)94-91-88-85-82-79-76-73-70-68-65-63-61-59-57-55-53-51-49-47-45-43-41-39-37-35-32-29-26-23-20-17-14-11-8-5-2/h7,9-10,12,16-21,25-30,34-37,40-43,46,48,66,71,102-104,108-109H,4-6,8,11,13-15,22-24,31-33,38-39,44-45,47,49-65,67-70,72-101H2,1-3H3,(H,113,114)(H,115,116)/b10-7-,12-9-,19-16-,20-17-,21-18-,28-25-,29-26-,30-27-,36-34-,37-35-,42-40-,43-41-,48-46-,71-66-. The van der Waals surface area contributed by atoms with Crippen LogP contribution in [-0.4, -0.2) is 95.9 Å². The molecule has 0 aromatic carbocycles. The lowest BCUT2D eigenvalue weighted by Crippen LogP contribution is -2.30. The number of allylic oxidation sites excluding steroid dienone is 28. The van der Waals surface area contributed by atoms with Crippen LogP contribution >= 0.6 is 15.6 Å². The zero-order valence-corrected chi connectivity index (χ0v) is 81.3. The van der Waals surface area contributed by atoms with E-state index in [1.807, 2.05) is 0 Å². The van der Waals surface area contributed by atoms with E-state index in [1.165, 1.54) is 212 Å². The lowest BCUT2D eigenvalue weighted by Gasteiger charge is -2.21. The molecule has 4 N–H and O–H groups in total. The number of esters is 3. The molecular weight excluding hydrogens is 1600 g/mol. The molecule has 0 fully saturated rings. The van der Waals surface area contributed by atoms with E-state index in [0.29, 0.717) is 19.3 Å². The predicted molar refractivity (Wildman–Crippen MR) is 528 cm³/mol. The Morgan fingerprint density at radius 1 is 0.232 bits per heavy atom. The molecule has 0 aliphatic heterocycles. The zero-order chi connectivity index (χ0) is 90.7. The van der Waals surface area contributed by atoms with Crippen LogP contribution in [0.1, 0.15) is 432 Å². The Labute approximate surface area is 764 Å². The minimum atomic E-state index is -4.95. The number of rotatable bonds is 95. The monoisotopic (exact) mass is 1790 g/mol. The molecule has 0 aromatic heterocycles. The number of unbranched alkanes of at least 4 members (excludes halogenated alkanes) is 44. The molecule has 0 aromatic rings. The molecule has 125 heavy (non-hydrogen) atoms. The van der Waals surface area contributed by atoms with Crippen molar-refractivity contribution < 1.29 is 75.8 Å². The number of ether oxygens (including phenoxy) is 3. The Kier molecular flexibility index (Phi) is 94.0. The summed E-state index contributed by atoms with van der Waals surface area (Å²) in [7, 11) is -9.82. The summed E-state index contributed by atoms with van der Waals surface area (Å²) in [5, 5.41) is 20.8. The average Bonchev–Trinajstić information content (AvgIpc) is 0.893. The molecule has 18 heteroatoms. The van der Waals surface area contributed by atoms with Crippen molar-refractivity contribution in [3.8, 4) is 0 Å². The molecule has 5 unspecified atom stereocenters. The summed E-state index contributed by atoms with van der Waals surface area (Å²) in [4.78, 5) is 59.1. The van der Waals surface area contributed by atoms with Gasteiger partial charge in [-0.15, -0.1) is 0 Å². The van der Waals surface area contributed by atoms with Crippen LogP contribution in [-0.2, 0) is 55.8 Å². The third-order valence-electron chi connectivity index (χ3n) is 21.4. The van der Waals surface area contributed by atoms with Crippen molar-refractivity contribution >= 4 is 33.6 Å². The Morgan fingerprint density at radius 3 is 0.672 bits per heavy atom. The molecule has 5 atom stereocenters. The van der Waals surface area contributed by atoms with Crippen molar-refractivity contribution in [3.05, 3.63) is 170 Å². The van der Waals surface area contributed by atoms with Gasteiger partial charge in [-0.2, -0.15) is 0 Å². The van der Waals surface area contributed by atoms with E-state index in [2.05, 4.69) is 191 Å². The third-order valence-corrected chi connectivity index (χ3v) is 23.3. The van der Waals surface area contributed by atoms with E-state index in [1.54, 1.807) is 0 Å². The Bertz CT molecular complexity index is 2950. The molecule has 0 spiro atoms. The molecule has 0 aliphatic carbocycles. The van der Waals surface area contributed by atoms with Crippen molar-refractivity contribution in [2.75, 3.05) is 39.6 Å². The highest BCUT2D eigenvalue weighted by Gasteiger charge is 2.30. The summed E-state index contributed by atoms with van der Waals surface area (Å²) < 4.78 is 61.6. The number of carbonyl (C=O) groups is 3. The lowest BCUT2D eigenvalue weighted by atomic mass is 10.0. The smallest absolute Gasteiger partial charge is 0.463 e. The van der Waals surface area contributed by atoms with Gasteiger partial charge in [0.2, 0.25) is 0 Å². The van der Waals surface area contributed by atoms with Gasteiger partial charge in [0.25, 0.3) is 0 Å². The number of hydrogen-bond acceptors (Lipinski definition) is 14. The first-order valence-electron chi connectivity index (χ1n) is 50.4. The normalized spacial score (nSPS) is 14.4. The van der Waals surface area contributed by atoms with Crippen molar-refractivity contribution in [3.63, 3.8) is 0 Å². The summed E-state index contributed by atoms with van der Waals surface area (Å²) in [5.74, 6) is -1.58. The molecule has 0 rings (SSSR count). The van der Waals surface area contributed by atoms with Crippen LogP contribution in [0, 0.1) is 0 Å². The van der Waals surface area contributed by atoms with Gasteiger partial charge in [-0.25, -0.2) is 9.13 Å². The van der Waals surface area contributed by atoms with E-state index in [4.69, 9.17) is 32.3 Å². The number of carbonyl (C=O) groups excluding carboxylic acids is 3. The summed E-state index contributed by atoms with van der Waals surface area (Å²) in [5.41, 5.74) is 0. The molecular formula is C107H184O16P2. The quantitative estimate of drug-likeness (QED) is 0.0146. The van der Waals surface area contributed by atoms with Gasteiger partial charge in [-0.1, -0.05) is 428 Å². The van der Waals surface area contributed by atoms with E-state index in [-0.39, 0.29) is 19.3 Å². The molecule has 0 saturated carbocycles. The summed E-state index contributed by atoms with van der Waals surface area (Å²) >= 11 is 0. The summed E-state index contributed by atoms with van der Waals surface area (Å²) in [6.07, 6.45) is 129. The average molecular weight is 1790 g/mol. The Morgan fingerprint density at radius 2 is 0.424 bits per heavy atom. The second-order valence-electron chi connectivity index (χ2n) is 33.5. The molecule has 16 nitrogen and oxygen atoms in total. The largest absolute Gasteiger partial charge is 0.472 e. The number of aliphatic hydroxyl groups excluding tert-OH is 2.